The van der Waals surface area contributed by atoms with Crippen molar-refractivity contribution in [1.29, 1.82) is 0 Å². The molecule has 0 saturated heterocycles. The summed E-state index contributed by atoms with van der Waals surface area (Å²) in [6.07, 6.45) is 3.62. The first kappa shape index (κ1) is 16.7. The van der Waals surface area contributed by atoms with E-state index in [0.717, 1.165) is 5.56 Å². The Kier molecular flexibility index (Phi) is 5.86. The van der Waals surface area contributed by atoms with Gasteiger partial charge < -0.3 is 10.6 Å². The van der Waals surface area contributed by atoms with Gasteiger partial charge in [-0.1, -0.05) is 18.2 Å². The standard InChI is InChI=1S/C18H21N3O2/c1-13(20-18(23)16-6-4-3-5-7-16)12-17(22)21-14(2)15-8-10-19-11-9-15/h3-11,13-14H,12H2,1-2H3,(H,20,23)(H,21,22). The lowest BCUT2D eigenvalue weighted by atomic mass is 10.1. The van der Waals surface area contributed by atoms with Crippen molar-refractivity contribution in [2.45, 2.75) is 32.4 Å². The van der Waals surface area contributed by atoms with Crippen LogP contribution in [0.4, 0.5) is 0 Å². The molecule has 0 aliphatic rings. The van der Waals surface area contributed by atoms with Gasteiger partial charge in [0.1, 0.15) is 0 Å². The molecule has 0 aliphatic heterocycles. The SMILES string of the molecule is CC(CC(=O)NC(C)c1ccncc1)NC(=O)c1ccccc1. The Balaban J connectivity index is 1.82. The van der Waals surface area contributed by atoms with Crippen LogP contribution in [0.15, 0.2) is 54.9 Å². The molecule has 0 radical (unpaired) electrons. The maximum Gasteiger partial charge on any atom is 0.251 e. The van der Waals surface area contributed by atoms with Crippen LogP contribution in [0.2, 0.25) is 0 Å². The molecule has 0 saturated carbocycles. The minimum atomic E-state index is -0.243. The van der Waals surface area contributed by atoms with E-state index in [0.29, 0.717) is 5.56 Å². The van der Waals surface area contributed by atoms with Gasteiger partial charge in [-0.15, -0.1) is 0 Å². The quantitative estimate of drug-likeness (QED) is 0.861. The molecule has 2 N–H and O–H groups in total. The van der Waals surface area contributed by atoms with Crippen LogP contribution in [0, 0.1) is 0 Å². The van der Waals surface area contributed by atoms with Crippen molar-refractivity contribution in [3.8, 4) is 0 Å². The third-order valence-electron chi connectivity index (χ3n) is 3.49. The summed E-state index contributed by atoms with van der Waals surface area (Å²) in [5, 5.41) is 5.75. The zero-order valence-corrected chi connectivity index (χ0v) is 13.3. The zero-order chi connectivity index (χ0) is 16.7. The maximum absolute atomic E-state index is 12.1. The number of nitrogens with one attached hydrogen (secondary N) is 2. The number of hydrogen-bond acceptors (Lipinski definition) is 3. The third-order valence-corrected chi connectivity index (χ3v) is 3.49. The molecular formula is C18H21N3O2. The molecule has 0 aliphatic carbocycles. The van der Waals surface area contributed by atoms with E-state index in [1.807, 2.05) is 44.2 Å². The normalized spacial score (nSPS) is 13.0. The Labute approximate surface area is 136 Å². The highest BCUT2D eigenvalue weighted by atomic mass is 16.2. The summed E-state index contributed by atoms with van der Waals surface area (Å²) in [6.45, 7) is 3.73. The molecule has 1 aromatic heterocycles. The van der Waals surface area contributed by atoms with Crippen LogP contribution < -0.4 is 10.6 Å². The van der Waals surface area contributed by atoms with E-state index < -0.39 is 0 Å². The Morgan fingerprint density at radius 3 is 2.30 bits per heavy atom. The molecule has 2 unspecified atom stereocenters. The number of amides is 2. The third kappa shape index (κ3) is 5.21. The number of carbonyl (C=O) groups is 2. The summed E-state index contributed by atoms with van der Waals surface area (Å²) in [4.78, 5) is 28.1. The summed E-state index contributed by atoms with van der Waals surface area (Å²) in [7, 11) is 0. The highest BCUT2D eigenvalue weighted by molar-refractivity contribution is 5.94. The molecule has 0 bridgehead atoms. The zero-order valence-electron chi connectivity index (χ0n) is 13.3. The highest BCUT2D eigenvalue weighted by Crippen LogP contribution is 2.10. The van der Waals surface area contributed by atoms with E-state index in [1.165, 1.54) is 0 Å². The number of nitrogens with zero attached hydrogens (tertiary/aromatic N) is 1. The fraction of sp³-hybridized carbons (Fsp3) is 0.278. The van der Waals surface area contributed by atoms with Crippen LogP contribution in [0.25, 0.3) is 0 Å². The van der Waals surface area contributed by atoms with Gasteiger partial charge in [-0.25, -0.2) is 0 Å². The van der Waals surface area contributed by atoms with Gasteiger partial charge in [0.25, 0.3) is 5.91 Å². The predicted octanol–water partition coefficient (Wildman–Crippen LogP) is 2.47. The number of benzene rings is 1. The Hall–Kier alpha value is -2.69. The van der Waals surface area contributed by atoms with Crippen molar-refractivity contribution >= 4 is 11.8 Å². The second-order valence-electron chi connectivity index (χ2n) is 5.51. The molecule has 0 fully saturated rings. The average Bonchev–Trinajstić information content (AvgIpc) is 2.56. The lowest BCUT2D eigenvalue weighted by Crippen LogP contribution is -2.37. The van der Waals surface area contributed by atoms with Gasteiger partial charge in [-0.05, 0) is 43.7 Å². The number of pyridine rings is 1. The number of hydrogen-bond donors (Lipinski definition) is 2. The lowest BCUT2D eigenvalue weighted by molar-refractivity contribution is -0.122. The predicted molar refractivity (Wildman–Crippen MR) is 88.8 cm³/mol. The minimum Gasteiger partial charge on any atom is -0.350 e. The Morgan fingerprint density at radius 1 is 1.00 bits per heavy atom. The molecule has 5 nitrogen and oxygen atoms in total. The molecular weight excluding hydrogens is 290 g/mol. The van der Waals surface area contributed by atoms with Gasteiger partial charge in [-0.3, -0.25) is 14.6 Å². The van der Waals surface area contributed by atoms with Crippen LogP contribution in [0.3, 0.4) is 0 Å². The second-order valence-corrected chi connectivity index (χ2v) is 5.51. The van der Waals surface area contributed by atoms with Gasteiger partial charge in [0, 0.05) is 30.4 Å². The van der Waals surface area contributed by atoms with Gasteiger partial charge in [-0.2, -0.15) is 0 Å². The topological polar surface area (TPSA) is 71.1 Å². The molecule has 23 heavy (non-hydrogen) atoms. The summed E-state index contributed by atoms with van der Waals surface area (Å²) in [5.41, 5.74) is 1.58. The van der Waals surface area contributed by atoms with Crippen LogP contribution in [0.5, 0.6) is 0 Å². The fourth-order valence-corrected chi connectivity index (χ4v) is 2.26. The maximum atomic E-state index is 12.1. The van der Waals surface area contributed by atoms with E-state index in [4.69, 9.17) is 0 Å². The lowest BCUT2D eigenvalue weighted by Gasteiger charge is -2.17. The van der Waals surface area contributed by atoms with Crippen molar-refractivity contribution in [2.24, 2.45) is 0 Å². The second kappa shape index (κ2) is 8.08. The summed E-state index contributed by atoms with van der Waals surface area (Å²) in [6, 6.07) is 12.4. The molecule has 1 aromatic carbocycles. The number of carbonyl (C=O) groups excluding carboxylic acids is 2. The van der Waals surface area contributed by atoms with E-state index in [1.54, 1.807) is 24.5 Å². The van der Waals surface area contributed by atoms with Crippen molar-refractivity contribution < 1.29 is 9.59 Å². The molecule has 2 atom stereocenters. The van der Waals surface area contributed by atoms with Crippen LogP contribution in [0.1, 0.15) is 42.2 Å². The first-order valence-electron chi connectivity index (χ1n) is 7.61. The van der Waals surface area contributed by atoms with Crippen molar-refractivity contribution in [2.75, 3.05) is 0 Å². The van der Waals surface area contributed by atoms with E-state index in [9.17, 15) is 9.59 Å². The van der Waals surface area contributed by atoms with Crippen molar-refractivity contribution in [1.82, 2.24) is 15.6 Å². The molecule has 0 spiro atoms. The first-order chi connectivity index (χ1) is 11.1. The molecule has 120 valence electrons. The molecule has 5 heteroatoms. The first-order valence-corrected chi connectivity index (χ1v) is 7.61. The van der Waals surface area contributed by atoms with Crippen LogP contribution in [-0.4, -0.2) is 22.8 Å². The number of aromatic nitrogens is 1. The summed E-state index contributed by atoms with van der Waals surface area (Å²) < 4.78 is 0. The van der Waals surface area contributed by atoms with Crippen LogP contribution in [-0.2, 0) is 4.79 Å². The molecule has 2 aromatic rings. The van der Waals surface area contributed by atoms with Crippen LogP contribution >= 0.6 is 0 Å². The average molecular weight is 311 g/mol. The summed E-state index contributed by atoms with van der Waals surface area (Å²) in [5.74, 6) is -0.275. The smallest absolute Gasteiger partial charge is 0.251 e. The molecule has 2 amide bonds. The van der Waals surface area contributed by atoms with Gasteiger partial charge in [0.15, 0.2) is 0 Å². The van der Waals surface area contributed by atoms with E-state index in [-0.39, 0.29) is 30.3 Å². The van der Waals surface area contributed by atoms with E-state index in [2.05, 4.69) is 15.6 Å². The van der Waals surface area contributed by atoms with Crippen molar-refractivity contribution in [3.05, 3.63) is 66.0 Å². The van der Waals surface area contributed by atoms with Gasteiger partial charge in [0.05, 0.1) is 6.04 Å². The molecule has 2 rings (SSSR count). The van der Waals surface area contributed by atoms with Crippen molar-refractivity contribution in [3.63, 3.8) is 0 Å². The summed E-state index contributed by atoms with van der Waals surface area (Å²) >= 11 is 0. The van der Waals surface area contributed by atoms with Gasteiger partial charge in [0.2, 0.25) is 5.91 Å². The minimum absolute atomic E-state index is 0.0949. The number of rotatable bonds is 6. The molecule has 1 heterocycles. The highest BCUT2D eigenvalue weighted by Gasteiger charge is 2.15. The monoisotopic (exact) mass is 311 g/mol. The fourth-order valence-electron chi connectivity index (χ4n) is 2.26. The largest absolute Gasteiger partial charge is 0.350 e. The van der Waals surface area contributed by atoms with Gasteiger partial charge >= 0.3 is 0 Å². The Morgan fingerprint density at radius 2 is 1.65 bits per heavy atom. The van der Waals surface area contributed by atoms with E-state index >= 15 is 0 Å². The Bertz CT molecular complexity index is 644.